The normalized spacial score (nSPS) is 11.2. The fraction of sp³-hybridized carbons (Fsp3) is 0. The van der Waals surface area contributed by atoms with E-state index in [9.17, 15) is 0 Å². The number of halogens is 1. The van der Waals surface area contributed by atoms with E-state index in [0.29, 0.717) is 0 Å². The van der Waals surface area contributed by atoms with E-state index in [1.54, 1.807) is 0 Å². The van der Waals surface area contributed by atoms with Gasteiger partial charge in [0.1, 0.15) is 0 Å². The van der Waals surface area contributed by atoms with Crippen molar-refractivity contribution in [2.75, 3.05) is 9.80 Å². The Morgan fingerprint density at radius 1 is 0.215 bits per heavy atom. The molecule has 0 amide bonds. The van der Waals surface area contributed by atoms with Gasteiger partial charge in [-0.3, -0.25) is 0 Å². The summed E-state index contributed by atoms with van der Waals surface area (Å²) in [4.78, 5) is 8.31. The lowest BCUT2D eigenvalue weighted by atomic mass is 9.98. The molecule has 0 aliphatic rings. The van der Waals surface area contributed by atoms with Crippen molar-refractivity contribution in [1.29, 1.82) is 0 Å². The van der Waals surface area contributed by atoms with Gasteiger partial charge in [0.05, 0.1) is 39.0 Å². The minimum absolute atomic E-state index is 1.09. The lowest BCUT2D eigenvalue weighted by Crippen LogP contribution is -2.09. The third-order valence-corrected chi connectivity index (χ3v) is 20.7. The van der Waals surface area contributed by atoms with Crippen LogP contribution in [0.25, 0.3) is 127 Å². The van der Waals surface area contributed by atoms with Crippen molar-refractivity contribution >= 4 is 115 Å². The van der Waals surface area contributed by atoms with E-state index in [0.717, 1.165) is 61.2 Å². The SMILES string of the molecule is Brc1ccc(N(c2ccccc2)c2ccccc2)cc1.c1ccc(-c2c(-c3ccccc3)n(-c3ccccc3)c3c2ccc2c4ccccc4[nH]c23)cc1.c1ccc(-c2c(-c3ccccc3)n(-c3ccccc3)c3c2ccc2c4ccccc4n(-c4ccc(N(c5ccccc5)c5ccccc5)cc4)c23)cc1. The first-order valence-electron chi connectivity index (χ1n) is 36.3. The smallest absolute Gasteiger partial charge is 0.0789 e. The third kappa shape index (κ3) is 12.4. The molecular weight excluding hydrogens is 1370 g/mol. The van der Waals surface area contributed by atoms with Crippen molar-refractivity contribution < 1.29 is 0 Å². The van der Waals surface area contributed by atoms with Gasteiger partial charge in [-0.2, -0.15) is 0 Å². The van der Waals surface area contributed by atoms with Crippen molar-refractivity contribution in [3.8, 4) is 61.8 Å². The van der Waals surface area contributed by atoms with Crippen LogP contribution in [-0.4, -0.2) is 18.7 Å². The maximum atomic E-state index is 3.75. The zero-order valence-corrected chi connectivity index (χ0v) is 60.1. The van der Waals surface area contributed by atoms with Gasteiger partial charge >= 0.3 is 0 Å². The number of nitrogens with zero attached hydrogens (tertiary/aromatic N) is 5. The molecule has 0 radical (unpaired) electrons. The number of anilines is 6. The first-order chi connectivity index (χ1) is 53.1. The Labute approximate surface area is 630 Å². The van der Waals surface area contributed by atoms with Crippen LogP contribution < -0.4 is 9.80 Å². The van der Waals surface area contributed by atoms with E-state index >= 15 is 0 Å². The molecule has 20 rings (SSSR count). The molecule has 0 bridgehead atoms. The van der Waals surface area contributed by atoms with Gasteiger partial charge in [-0.25, -0.2) is 0 Å². The first kappa shape index (κ1) is 65.3. The number of H-pyrrole nitrogens is 1. The molecule has 0 fully saturated rings. The van der Waals surface area contributed by atoms with Gasteiger partial charge in [-0.1, -0.05) is 307 Å². The largest absolute Gasteiger partial charge is 0.353 e. The van der Waals surface area contributed by atoms with Crippen molar-refractivity contribution in [1.82, 2.24) is 18.7 Å². The Balaban J connectivity index is 0.000000127. The summed E-state index contributed by atoms with van der Waals surface area (Å²) in [6.07, 6.45) is 0. The van der Waals surface area contributed by atoms with Crippen LogP contribution in [0.5, 0.6) is 0 Å². The maximum Gasteiger partial charge on any atom is 0.0789 e. The Bertz CT molecular complexity index is 6350. The Kier molecular flexibility index (Phi) is 17.8. The quantitative estimate of drug-likeness (QED) is 0.125. The molecule has 4 heterocycles. The van der Waals surface area contributed by atoms with Crippen molar-refractivity contribution in [2.45, 2.75) is 0 Å². The summed E-state index contributed by atoms with van der Waals surface area (Å²) in [6, 6.07) is 151. The van der Waals surface area contributed by atoms with Gasteiger partial charge in [0.25, 0.3) is 0 Å². The lowest BCUT2D eigenvalue weighted by Gasteiger charge is -2.25. The number of hydrogen-bond donors (Lipinski definition) is 1. The van der Waals surface area contributed by atoms with Gasteiger partial charge in [0.15, 0.2) is 0 Å². The number of benzene rings is 16. The molecule has 0 atom stereocenters. The Morgan fingerprint density at radius 3 is 0.972 bits per heavy atom. The first-order valence-corrected chi connectivity index (χ1v) is 37.1. The Hall–Kier alpha value is -13.7. The van der Waals surface area contributed by atoms with Gasteiger partial charge in [-0.05, 0) is 156 Å². The third-order valence-electron chi connectivity index (χ3n) is 20.1. The number of hydrogen-bond acceptors (Lipinski definition) is 2. The van der Waals surface area contributed by atoms with E-state index < -0.39 is 0 Å². The summed E-state index contributed by atoms with van der Waals surface area (Å²) in [5.41, 5.74) is 26.9. The number of para-hydroxylation sites is 8. The summed E-state index contributed by atoms with van der Waals surface area (Å²) in [6.45, 7) is 0. The predicted octanol–water partition coefficient (Wildman–Crippen LogP) is 28.0. The van der Waals surface area contributed by atoms with Gasteiger partial charge in [-0.15, -0.1) is 0 Å². The maximum absolute atomic E-state index is 3.75. The molecule has 0 saturated carbocycles. The number of nitrogens with one attached hydrogen (secondary N) is 1. The van der Waals surface area contributed by atoms with Crippen LogP contribution in [0.3, 0.4) is 0 Å². The molecule has 1 N–H and O–H groups in total. The summed E-state index contributed by atoms with van der Waals surface area (Å²) < 4.78 is 8.48. The zero-order chi connectivity index (χ0) is 71.4. The standard InChI is InChI=1S/C50H35N3.C32H22N2.C18H14BrN/c1-6-18-36(19-7-1)47-45-35-34-44-43-28-16-17-29-46(43)52(49(44)50(45)53(40-26-14-5-15-27-40)48(47)37-20-8-2-9-21-37)42-32-30-41(31-33-42)51(38-22-10-3-11-23-38)39-24-12-4-13-25-39;1-4-12-22(13-5-1)29-27-21-20-26-25-18-10-11-19-28(25)33-30(26)32(27)34(24-16-8-3-9-17-24)31(29)23-14-6-2-7-15-23;19-15-11-13-18(14-12-15)20(16-7-3-1-4-8-16)17-9-5-2-6-10-17/h1-35H;1-21,33H;1-14H. The number of aromatic amines is 1. The second kappa shape index (κ2) is 29.2. The molecule has 0 spiro atoms. The van der Waals surface area contributed by atoms with Crippen LogP contribution >= 0.6 is 15.9 Å². The molecule has 20 aromatic rings. The van der Waals surface area contributed by atoms with Crippen molar-refractivity contribution in [3.63, 3.8) is 0 Å². The second-order valence-electron chi connectivity index (χ2n) is 26.5. The van der Waals surface area contributed by atoms with E-state index in [-0.39, 0.29) is 0 Å². The fourth-order valence-electron chi connectivity index (χ4n) is 15.5. The summed E-state index contributed by atoms with van der Waals surface area (Å²) in [5, 5.41) is 7.41. The van der Waals surface area contributed by atoms with Crippen LogP contribution in [0.15, 0.2) is 429 Å². The van der Waals surface area contributed by atoms with Crippen LogP contribution in [0.1, 0.15) is 0 Å². The van der Waals surface area contributed by atoms with E-state index in [2.05, 4.69) is 457 Å². The average molecular weight is 1440 g/mol. The monoisotopic (exact) mass is 1430 g/mol. The zero-order valence-electron chi connectivity index (χ0n) is 58.5. The highest BCUT2D eigenvalue weighted by Gasteiger charge is 2.28. The molecule has 0 saturated heterocycles. The Morgan fingerprint density at radius 2 is 0.523 bits per heavy atom. The molecule has 0 aliphatic carbocycles. The molecule has 7 heteroatoms. The highest BCUT2D eigenvalue weighted by atomic mass is 79.9. The number of rotatable bonds is 13. The topological polar surface area (TPSA) is 37.1 Å². The van der Waals surface area contributed by atoms with Gasteiger partial charge < -0.3 is 28.5 Å². The van der Waals surface area contributed by atoms with Gasteiger partial charge in [0.2, 0.25) is 0 Å². The molecular formula is C100H71BrN6. The molecule has 16 aromatic carbocycles. The molecule has 4 aromatic heterocycles. The highest BCUT2D eigenvalue weighted by Crippen LogP contribution is 2.50. The molecule has 508 valence electrons. The lowest BCUT2D eigenvalue weighted by molar-refractivity contribution is 1.12. The summed E-state index contributed by atoms with van der Waals surface area (Å²) in [7, 11) is 0. The minimum Gasteiger partial charge on any atom is -0.353 e. The van der Waals surface area contributed by atoms with Crippen molar-refractivity contribution in [3.05, 3.63) is 429 Å². The van der Waals surface area contributed by atoms with Gasteiger partial charge in [0, 0.05) is 105 Å². The second-order valence-corrected chi connectivity index (χ2v) is 27.4. The molecule has 0 unspecified atom stereocenters. The fourth-order valence-corrected chi connectivity index (χ4v) is 15.8. The minimum atomic E-state index is 1.09. The predicted molar refractivity (Wildman–Crippen MR) is 456 cm³/mol. The van der Waals surface area contributed by atoms with Crippen LogP contribution in [0.4, 0.5) is 34.1 Å². The number of fused-ring (bicyclic) bond motifs is 10. The average Bonchev–Trinajstić information content (AvgIpc) is 1.55. The summed E-state index contributed by atoms with van der Waals surface area (Å²) >= 11 is 3.49. The van der Waals surface area contributed by atoms with E-state index in [1.807, 2.05) is 12.1 Å². The molecule has 107 heavy (non-hydrogen) atoms. The van der Waals surface area contributed by atoms with Crippen LogP contribution in [0, 0.1) is 0 Å². The van der Waals surface area contributed by atoms with E-state index in [1.165, 1.54) is 105 Å². The van der Waals surface area contributed by atoms with E-state index in [4.69, 9.17) is 0 Å². The van der Waals surface area contributed by atoms with Crippen LogP contribution in [-0.2, 0) is 0 Å². The highest BCUT2D eigenvalue weighted by molar-refractivity contribution is 9.10. The molecule has 6 nitrogen and oxygen atoms in total. The van der Waals surface area contributed by atoms with Crippen LogP contribution in [0.2, 0.25) is 0 Å². The van der Waals surface area contributed by atoms with Crippen molar-refractivity contribution in [2.24, 2.45) is 0 Å². The number of aromatic nitrogens is 4. The molecule has 0 aliphatic heterocycles. The summed E-state index contributed by atoms with van der Waals surface area (Å²) in [5.74, 6) is 0.